The zero-order valence-corrected chi connectivity index (χ0v) is 21.6. The van der Waals surface area contributed by atoms with Crippen LogP contribution in [0.15, 0.2) is 60.8 Å². The van der Waals surface area contributed by atoms with Crippen molar-refractivity contribution in [1.29, 1.82) is 0 Å². The lowest BCUT2D eigenvalue weighted by atomic mass is 10.0. The molecule has 1 aromatic heterocycles. The molecule has 0 aliphatic rings. The van der Waals surface area contributed by atoms with Crippen molar-refractivity contribution in [2.75, 3.05) is 51.9 Å². The molecule has 170 valence electrons. The van der Waals surface area contributed by atoms with Crippen LogP contribution >= 0.6 is 22.5 Å². The highest BCUT2D eigenvalue weighted by Gasteiger charge is 2.15. The first kappa shape index (κ1) is 24.7. The predicted octanol–water partition coefficient (Wildman–Crippen LogP) is 5.80. The number of unbranched alkanes of at least 4 members (excludes halogenated alkanes) is 1. The SMILES string of the molecule is CN(C)c1ccc(/C=C/c2cccc[n+]2CCCC[N+](C)(C)CCSS)c2ccccc12. The minimum absolute atomic E-state index is 1.04. The fourth-order valence-corrected chi connectivity index (χ4v) is 4.90. The summed E-state index contributed by atoms with van der Waals surface area (Å²) >= 11 is 4.28. The van der Waals surface area contributed by atoms with Crippen molar-refractivity contribution in [2.45, 2.75) is 19.4 Å². The third-order valence-electron chi connectivity index (χ3n) is 6.03. The van der Waals surface area contributed by atoms with E-state index in [9.17, 15) is 0 Å². The number of benzene rings is 2. The molecule has 0 fully saturated rings. The molecule has 0 aliphatic carbocycles. The molecule has 0 unspecified atom stereocenters. The van der Waals surface area contributed by atoms with Crippen LogP contribution in [0.25, 0.3) is 22.9 Å². The van der Waals surface area contributed by atoms with Crippen molar-refractivity contribution in [3.63, 3.8) is 0 Å². The molecule has 0 bridgehead atoms. The Morgan fingerprint density at radius 3 is 2.41 bits per heavy atom. The quantitative estimate of drug-likeness (QED) is 0.125. The van der Waals surface area contributed by atoms with Gasteiger partial charge in [-0.3, -0.25) is 0 Å². The lowest BCUT2D eigenvalue weighted by molar-refractivity contribution is -0.888. The lowest BCUT2D eigenvalue weighted by Gasteiger charge is -2.29. The normalized spacial score (nSPS) is 12.0. The Kier molecular flexibility index (Phi) is 9.09. The summed E-state index contributed by atoms with van der Waals surface area (Å²) in [6.45, 7) is 3.42. The number of thiol groups is 1. The van der Waals surface area contributed by atoms with E-state index in [0.29, 0.717) is 0 Å². The van der Waals surface area contributed by atoms with Gasteiger partial charge in [-0.25, -0.2) is 0 Å². The summed E-state index contributed by atoms with van der Waals surface area (Å²) in [7, 11) is 10.5. The standard InChI is InChI=1S/C27H36N3S2/c1-28(2)27-17-15-23(25-12-5-6-13-26(25)27)14-16-24-11-7-8-18-29(24)19-9-10-20-30(3,4)21-22-32-31/h5-8,11-18H,9-10,19-22H2,1-4H3/q+1/p+1. The average Bonchev–Trinajstić information content (AvgIpc) is 2.79. The smallest absolute Gasteiger partial charge is 0.205 e. The van der Waals surface area contributed by atoms with Gasteiger partial charge in [0, 0.05) is 56.2 Å². The van der Waals surface area contributed by atoms with E-state index in [4.69, 9.17) is 0 Å². The van der Waals surface area contributed by atoms with Crippen molar-refractivity contribution >= 4 is 51.1 Å². The van der Waals surface area contributed by atoms with E-state index in [-0.39, 0.29) is 0 Å². The Hall–Kier alpha value is -1.95. The number of rotatable bonds is 11. The first-order valence-corrected chi connectivity index (χ1v) is 13.4. The maximum absolute atomic E-state index is 4.28. The van der Waals surface area contributed by atoms with Crippen molar-refractivity contribution in [3.05, 3.63) is 72.1 Å². The average molecular weight is 468 g/mol. The zero-order valence-electron chi connectivity index (χ0n) is 19.9. The van der Waals surface area contributed by atoms with Crippen LogP contribution < -0.4 is 9.47 Å². The van der Waals surface area contributed by atoms with Gasteiger partial charge in [0.05, 0.1) is 32.9 Å². The molecule has 1 heterocycles. The van der Waals surface area contributed by atoms with E-state index in [2.05, 4.69) is 122 Å². The summed E-state index contributed by atoms with van der Waals surface area (Å²) in [4.78, 5) is 2.18. The summed E-state index contributed by atoms with van der Waals surface area (Å²) < 4.78 is 3.44. The van der Waals surface area contributed by atoms with Crippen LogP contribution in [0.2, 0.25) is 0 Å². The van der Waals surface area contributed by atoms with Crippen LogP contribution in [-0.2, 0) is 6.54 Å². The largest absolute Gasteiger partial charge is 0.377 e. The molecule has 0 saturated carbocycles. The number of nitrogens with zero attached hydrogens (tertiary/aromatic N) is 3. The molecule has 2 aromatic carbocycles. The minimum atomic E-state index is 1.04. The number of fused-ring (bicyclic) bond motifs is 1. The van der Waals surface area contributed by atoms with Gasteiger partial charge >= 0.3 is 0 Å². The van der Waals surface area contributed by atoms with Crippen LogP contribution in [0.5, 0.6) is 0 Å². The lowest BCUT2D eigenvalue weighted by Crippen LogP contribution is -2.43. The van der Waals surface area contributed by atoms with Gasteiger partial charge in [0.2, 0.25) is 5.69 Å². The highest BCUT2D eigenvalue weighted by molar-refractivity contribution is 8.68. The van der Waals surface area contributed by atoms with Gasteiger partial charge in [0.25, 0.3) is 0 Å². The van der Waals surface area contributed by atoms with Gasteiger partial charge in [-0.05, 0) is 29.2 Å². The fraction of sp³-hybridized carbons (Fsp3) is 0.370. The van der Waals surface area contributed by atoms with Gasteiger partial charge in [-0.1, -0.05) is 41.1 Å². The Balaban J connectivity index is 1.71. The third kappa shape index (κ3) is 6.77. The first-order chi connectivity index (χ1) is 15.4. The van der Waals surface area contributed by atoms with Crippen LogP contribution in [-0.4, -0.2) is 51.5 Å². The summed E-state index contributed by atoms with van der Waals surface area (Å²) in [5.74, 6) is 1.10. The van der Waals surface area contributed by atoms with E-state index in [0.717, 1.165) is 16.8 Å². The molecule has 0 saturated heterocycles. The molecule has 5 heteroatoms. The van der Waals surface area contributed by atoms with Crippen molar-refractivity contribution in [3.8, 4) is 0 Å². The maximum atomic E-state index is 4.28. The van der Waals surface area contributed by atoms with Crippen molar-refractivity contribution < 1.29 is 9.05 Å². The monoisotopic (exact) mass is 467 g/mol. The van der Waals surface area contributed by atoms with Crippen molar-refractivity contribution in [1.82, 2.24) is 0 Å². The number of hydrogen-bond donors (Lipinski definition) is 1. The van der Waals surface area contributed by atoms with Crippen LogP contribution in [0.1, 0.15) is 24.1 Å². The number of quaternary nitrogens is 1. The van der Waals surface area contributed by atoms with E-state index in [1.807, 2.05) is 0 Å². The summed E-state index contributed by atoms with van der Waals surface area (Å²) in [5, 5.41) is 2.58. The number of hydrogen-bond acceptors (Lipinski definition) is 3. The Bertz CT molecular complexity index is 1040. The molecule has 32 heavy (non-hydrogen) atoms. The molecule has 0 spiro atoms. The van der Waals surface area contributed by atoms with Crippen molar-refractivity contribution in [2.24, 2.45) is 0 Å². The summed E-state index contributed by atoms with van der Waals surface area (Å²) in [6.07, 6.45) is 9.12. The summed E-state index contributed by atoms with van der Waals surface area (Å²) in [6, 6.07) is 19.6. The molecule has 0 atom stereocenters. The molecule has 3 nitrogen and oxygen atoms in total. The zero-order chi connectivity index (χ0) is 23.0. The minimum Gasteiger partial charge on any atom is -0.377 e. The van der Waals surface area contributed by atoms with E-state index in [1.54, 1.807) is 10.8 Å². The van der Waals surface area contributed by atoms with Gasteiger partial charge in [0.15, 0.2) is 6.20 Å². The molecule has 0 radical (unpaired) electrons. The molecular formula is C27H37N3S2+2. The topological polar surface area (TPSA) is 7.12 Å². The van der Waals surface area contributed by atoms with Gasteiger partial charge in [-0.15, -0.1) is 11.7 Å². The molecular weight excluding hydrogens is 430 g/mol. The second-order valence-corrected chi connectivity index (χ2v) is 10.6. The fourth-order valence-electron chi connectivity index (χ4n) is 4.08. The highest BCUT2D eigenvalue weighted by atomic mass is 33.1. The Morgan fingerprint density at radius 1 is 0.906 bits per heavy atom. The van der Waals surface area contributed by atoms with E-state index >= 15 is 0 Å². The second kappa shape index (κ2) is 11.8. The number of pyridine rings is 1. The van der Waals surface area contributed by atoms with Crippen LogP contribution in [0, 0.1) is 0 Å². The molecule has 3 rings (SSSR count). The second-order valence-electron chi connectivity index (χ2n) is 9.19. The van der Waals surface area contributed by atoms with E-state index < -0.39 is 0 Å². The van der Waals surface area contributed by atoms with Gasteiger partial charge in [-0.2, -0.15) is 4.57 Å². The molecule has 0 aliphatic heterocycles. The first-order valence-electron chi connectivity index (χ1n) is 11.4. The molecule has 0 amide bonds. The Morgan fingerprint density at radius 2 is 1.66 bits per heavy atom. The van der Waals surface area contributed by atoms with Crippen LogP contribution in [0.4, 0.5) is 5.69 Å². The van der Waals surface area contributed by atoms with Gasteiger partial charge < -0.3 is 9.38 Å². The number of anilines is 1. The van der Waals surface area contributed by atoms with Crippen LogP contribution in [0.3, 0.4) is 0 Å². The highest BCUT2D eigenvalue weighted by Crippen LogP contribution is 2.29. The van der Waals surface area contributed by atoms with E-state index in [1.165, 1.54) is 53.6 Å². The van der Waals surface area contributed by atoms with Gasteiger partial charge in [0.1, 0.15) is 6.54 Å². The maximum Gasteiger partial charge on any atom is 0.205 e. The third-order valence-corrected chi connectivity index (χ3v) is 6.94. The molecule has 3 aromatic rings. The number of aryl methyl sites for hydroxylation is 1. The Labute approximate surface area is 203 Å². The number of aromatic nitrogens is 1. The molecule has 0 N–H and O–H groups in total. The summed E-state index contributed by atoms with van der Waals surface area (Å²) in [5.41, 5.74) is 3.75. The predicted molar refractivity (Wildman–Crippen MR) is 146 cm³/mol.